The number of anilines is 1. The zero-order chi connectivity index (χ0) is 11.3. The van der Waals surface area contributed by atoms with Gasteiger partial charge in [0.15, 0.2) is 0 Å². The van der Waals surface area contributed by atoms with Crippen molar-refractivity contribution in [2.24, 2.45) is 0 Å². The molecule has 0 unspecified atom stereocenters. The summed E-state index contributed by atoms with van der Waals surface area (Å²) in [5, 5.41) is 3.57. The van der Waals surface area contributed by atoms with E-state index in [9.17, 15) is 0 Å². The standard InChI is InChI=1S/C14H23N/c1-5-13(6-2)15-14-9-7-8-12(10-14)11(3)4/h7-11,13,15H,5-6H2,1-4H3. The monoisotopic (exact) mass is 205 g/mol. The normalized spacial score (nSPS) is 11.1. The molecule has 0 amide bonds. The highest BCUT2D eigenvalue weighted by molar-refractivity contribution is 5.47. The maximum absolute atomic E-state index is 3.57. The molecule has 0 spiro atoms. The van der Waals surface area contributed by atoms with Crippen molar-refractivity contribution in [3.05, 3.63) is 29.8 Å². The van der Waals surface area contributed by atoms with E-state index in [-0.39, 0.29) is 0 Å². The van der Waals surface area contributed by atoms with E-state index < -0.39 is 0 Å². The minimum atomic E-state index is 0.604. The first-order chi connectivity index (χ1) is 7.17. The number of hydrogen-bond donors (Lipinski definition) is 1. The molecule has 0 fully saturated rings. The zero-order valence-electron chi connectivity index (χ0n) is 10.4. The Hall–Kier alpha value is -0.980. The molecule has 0 heterocycles. The van der Waals surface area contributed by atoms with Gasteiger partial charge in [0.05, 0.1) is 0 Å². The summed E-state index contributed by atoms with van der Waals surface area (Å²) < 4.78 is 0. The summed E-state index contributed by atoms with van der Waals surface area (Å²) >= 11 is 0. The van der Waals surface area contributed by atoms with Crippen LogP contribution < -0.4 is 5.32 Å². The van der Waals surface area contributed by atoms with Crippen LogP contribution in [0.4, 0.5) is 5.69 Å². The van der Waals surface area contributed by atoms with Crippen molar-refractivity contribution in [1.82, 2.24) is 0 Å². The first-order valence-electron chi connectivity index (χ1n) is 6.03. The summed E-state index contributed by atoms with van der Waals surface area (Å²) in [4.78, 5) is 0. The lowest BCUT2D eigenvalue weighted by Crippen LogP contribution is -2.16. The van der Waals surface area contributed by atoms with Gasteiger partial charge in [0.2, 0.25) is 0 Å². The smallest absolute Gasteiger partial charge is 0.0345 e. The predicted molar refractivity (Wildman–Crippen MR) is 68.5 cm³/mol. The van der Waals surface area contributed by atoms with Gasteiger partial charge in [-0.3, -0.25) is 0 Å². The summed E-state index contributed by atoms with van der Waals surface area (Å²) in [5.41, 5.74) is 2.67. The SMILES string of the molecule is CCC(CC)Nc1cccc(C(C)C)c1. The second kappa shape index (κ2) is 5.79. The molecule has 0 aliphatic carbocycles. The van der Waals surface area contributed by atoms with Gasteiger partial charge in [-0.2, -0.15) is 0 Å². The lowest BCUT2D eigenvalue weighted by atomic mass is 10.0. The molecule has 1 aromatic carbocycles. The van der Waals surface area contributed by atoms with Gasteiger partial charge >= 0.3 is 0 Å². The summed E-state index contributed by atoms with van der Waals surface area (Å²) in [6, 6.07) is 9.36. The van der Waals surface area contributed by atoms with E-state index in [4.69, 9.17) is 0 Å². The quantitative estimate of drug-likeness (QED) is 0.750. The molecule has 0 saturated heterocycles. The van der Waals surface area contributed by atoms with Gasteiger partial charge in [-0.1, -0.05) is 39.8 Å². The molecule has 1 nitrogen and oxygen atoms in total. The van der Waals surface area contributed by atoms with Crippen LogP contribution >= 0.6 is 0 Å². The third-order valence-electron chi connectivity index (χ3n) is 2.91. The van der Waals surface area contributed by atoms with Crippen LogP contribution in [-0.4, -0.2) is 6.04 Å². The van der Waals surface area contributed by atoms with Crippen LogP contribution in [0.3, 0.4) is 0 Å². The van der Waals surface area contributed by atoms with E-state index in [1.54, 1.807) is 0 Å². The van der Waals surface area contributed by atoms with Crippen LogP contribution in [-0.2, 0) is 0 Å². The first-order valence-corrected chi connectivity index (χ1v) is 6.03. The van der Waals surface area contributed by atoms with Crippen LogP contribution in [0, 0.1) is 0 Å². The number of hydrogen-bond acceptors (Lipinski definition) is 1. The molecule has 1 heteroatoms. The van der Waals surface area contributed by atoms with Gasteiger partial charge in [-0.15, -0.1) is 0 Å². The van der Waals surface area contributed by atoms with E-state index in [2.05, 4.69) is 57.3 Å². The Morgan fingerprint density at radius 3 is 2.33 bits per heavy atom. The summed E-state index contributed by atoms with van der Waals surface area (Å²) in [6.45, 7) is 8.92. The van der Waals surface area contributed by atoms with Crippen molar-refractivity contribution < 1.29 is 0 Å². The maximum atomic E-state index is 3.57. The third-order valence-corrected chi connectivity index (χ3v) is 2.91. The molecule has 84 valence electrons. The number of benzene rings is 1. The van der Waals surface area contributed by atoms with Gasteiger partial charge in [0.1, 0.15) is 0 Å². The van der Waals surface area contributed by atoms with Crippen LogP contribution in [0.1, 0.15) is 52.0 Å². The number of rotatable bonds is 5. The van der Waals surface area contributed by atoms with Crippen LogP contribution in [0.2, 0.25) is 0 Å². The van der Waals surface area contributed by atoms with Crippen molar-refractivity contribution in [2.75, 3.05) is 5.32 Å². The molecular weight excluding hydrogens is 182 g/mol. The van der Waals surface area contributed by atoms with Gasteiger partial charge in [-0.25, -0.2) is 0 Å². The maximum Gasteiger partial charge on any atom is 0.0345 e. The first kappa shape index (κ1) is 12.1. The molecular formula is C14H23N. The fraction of sp³-hybridized carbons (Fsp3) is 0.571. The Kier molecular flexibility index (Phi) is 4.67. The fourth-order valence-corrected chi connectivity index (χ4v) is 1.72. The van der Waals surface area contributed by atoms with Crippen LogP contribution in [0.25, 0.3) is 0 Å². The molecule has 1 rings (SSSR count). The van der Waals surface area contributed by atoms with E-state index in [0.717, 1.165) is 0 Å². The molecule has 0 aliphatic rings. The van der Waals surface area contributed by atoms with E-state index in [1.807, 2.05) is 0 Å². The minimum absolute atomic E-state index is 0.604. The summed E-state index contributed by atoms with van der Waals surface area (Å²) in [5.74, 6) is 0.605. The second-order valence-electron chi connectivity index (χ2n) is 4.44. The molecule has 0 saturated carbocycles. The zero-order valence-corrected chi connectivity index (χ0v) is 10.4. The summed E-state index contributed by atoms with van der Waals surface area (Å²) in [6.07, 6.45) is 2.37. The Balaban J connectivity index is 2.72. The van der Waals surface area contributed by atoms with Crippen LogP contribution in [0.15, 0.2) is 24.3 Å². The number of nitrogens with one attached hydrogen (secondary N) is 1. The van der Waals surface area contributed by atoms with Gasteiger partial charge in [0, 0.05) is 11.7 Å². The van der Waals surface area contributed by atoms with Crippen molar-refractivity contribution in [1.29, 1.82) is 0 Å². The Bertz CT molecular complexity index is 287. The lowest BCUT2D eigenvalue weighted by molar-refractivity contribution is 0.671. The van der Waals surface area contributed by atoms with Gasteiger partial charge in [0.25, 0.3) is 0 Å². The fourth-order valence-electron chi connectivity index (χ4n) is 1.72. The molecule has 0 radical (unpaired) electrons. The molecule has 1 aromatic rings. The average Bonchev–Trinajstić information content (AvgIpc) is 2.26. The highest BCUT2D eigenvalue weighted by Crippen LogP contribution is 2.19. The van der Waals surface area contributed by atoms with E-state index in [1.165, 1.54) is 24.1 Å². The molecule has 0 aliphatic heterocycles. The van der Waals surface area contributed by atoms with Gasteiger partial charge in [-0.05, 0) is 36.5 Å². The van der Waals surface area contributed by atoms with E-state index in [0.29, 0.717) is 12.0 Å². The second-order valence-corrected chi connectivity index (χ2v) is 4.44. The molecule has 15 heavy (non-hydrogen) atoms. The predicted octanol–water partition coefficient (Wildman–Crippen LogP) is 4.41. The van der Waals surface area contributed by atoms with Crippen molar-refractivity contribution in [2.45, 2.75) is 52.5 Å². The summed E-state index contributed by atoms with van der Waals surface area (Å²) in [7, 11) is 0. The van der Waals surface area contributed by atoms with Crippen molar-refractivity contribution >= 4 is 5.69 Å². The highest BCUT2D eigenvalue weighted by atomic mass is 14.9. The minimum Gasteiger partial charge on any atom is -0.382 e. The van der Waals surface area contributed by atoms with Crippen molar-refractivity contribution in [3.63, 3.8) is 0 Å². The van der Waals surface area contributed by atoms with Crippen LogP contribution in [0.5, 0.6) is 0 Å². The molecule has 0 aromatic heterocycles. The largest absolute Gasteiger partial charge is 0.382 e. The van der Waals surface area contributed by atoms with Crippen molar-refractivity contribution in [3.8, 4) is 0 Å². The topological polar surface area (TPSA) is 12.0 Å². The third kappa shape index (κ3) is 3.58. The Labute approximate surface area is 93.9 Å². The lowest BCUT2D eigenvalue weighted by Gasteiger charge is -2.17. The molecule has 0 atom stereocenters. The van der Waals surface area contributed by atoms with E-state index >= 15 is 0 Å². The highest BCUT2D eigenvalue weighted by Gasteiger charge is 2.04. The Morgan fingerprint density at radius 2 is 1.80 bits per heavy atom. The Morgan fingerprint density at radius 1 is 1.13 bits per heavy atom. The average molecular weight is 205 g/mol. The molecule has 1 N–H and O–H groups in total. The van der Waals surface area contributed by atoms with Gasteiger partial charge < -0.3 is 5.32 Å². The molecule has 0 bridgehead atoms.